The van der Waals surface area contributed by atoms with E-state index in [1.165, 1.54) is 24.3 Å². The molecule has 3 N–H and O–H groups in total. The van der Waals surface area contributed by atoms with Crippen LogP contribution in [-0.2, 0) is 13.0 Å². The largest absolute Gasteiger partial charge is 0.508 e. The molecule has 0 aliphatic carbocycles. The van der Waals surface area contributed by atoms with E-state index >= 15 is 0 Å². The van der Waals surface area contributed by atoms with Gasteiger partial charge >= 0.3 is 5.97 Å². The van der Waals surface area contributed by atoms with Crippen molar-refractivity contribution in [1.82, 2.24) is 5.32 Å². The van der Waals surface area contributed by atoms with Crippen LogP contribution in [0.15, 0.2) is 78.9 Å². The highest BCUT2D eigenvalue weighted by molar-refractivity contribution is 5.99. The Morgan fingerprint density at radius 3 is 2.12 bits per heavy atom. The van der Waals surface area contributed by atoms with Crippen LogP contribution in [0.25, 0.3) is 10.8 Å². The van der Waals surface area contributed by atoms with Crippen molar-refractivity contribution >= 4 is 22.6 Å². The van der Waals surface area contributed by atoms with Gasteiger partial charge in [-0.2, -0.15) is 0 Å². The Hall–Kier alpha value is -4.19. The number of hydrogen-bond donors (Lipinski definition) is 3. The minimum Gasteiger partial charge on any atom is -0.508 e. The molecule has 160 valence electrons. The van der Waals surface area contributed by atoms with E-state index in [2.05, 4.69) is 5.32 Å². The van der Waals surface area contributed by atoms with E-state index < -0.39 is 5.97 Å². The number of phenols is 1. The maximum absolute atomic E-state index is 13.0. The van der Waals surface area contributed by atoms with Gasteiger partial charge in [-0.25, -0.2) is 9.18 Å². The van der Waals surface area contributed by atoms with E-state index in [4.69, 9.17) is 5.11 Å². The second-order valence-corrected chi connectivity index (χ2v) is 7.53. The molecule has 0 heterocycles. The minimum atomic E-state index is -0.990. The molecule has 0 fully saturated rings. The van der Waals surface area contributed by atoms with E-state index in [1.807, 2.05) is 6.07 Å². The molecule has 0 radical (unpaired) electrons. The number of aromatic hydroxyl groups is 1. The first-order valence-corrected chi connectivity index (χ1v) is 9.99. The summed E-state index contributed by atoms with van der Waals surface area (Å²) in [5.74, 6) is -1.44. The summed E-state index contributed by atoms with van der Waals surface area (Å²) in [5, 5.41) is 23.9. The summed E-state index contributed by atoms with van der Waals surface area (Å²) < 4.78 is 13.0. The Bertz CT molecular complexity index is 1300. The number of carboxylic acid groups (broad SMARTS) is 1. The van der Waals surface area contributed by atoms with Gasteiger partial charge in [0.2, 0.25) is 0 Å². The highest BCUT2D eigenvalue weighted by Crippen LogP contribution is 2.28. The monoisotopic (exact) mass is 429 g/mol. The van der Waals surface area contributed by atoms with Gasteiger partial charge < -0.3 is 15.5 Å². The molecule has 32 heavy (non-hydrogen) atoms. The molecule has 0 aliphatic rings. The molecule has 4 aromatic rings. The van der Waals surface area contributed by atoms with Crippen molar-refractivity contribution in [2.24, 2.45) is 0 Å². The van der Waals surface area contributed by atoms with Gasteiger partial charge in [0.05, 0.1) is 5.56 Å². The van der Waals surface area contributed by atoms with Gasteiger partial charge in [-0.05, 0) is 76.0 Å². The van der Waals surface area contributed by atoms with Crippen LogP contribution in [0, 0.1) is 5.82 Å². The number of rotatable bonds is 6. The average Bonchev–Trinajstić information content (AvgIpc) is 2.79. The van der Waals surface area contributed by atoms with Crippen LogP contribution >= 0.6 is 0 Å². The predicted octanol–water partition coefficient (Wildman–Crippen LogP) is 4.90. The number of benzene rings is 4. The summed E-state index contributed by atoms with van der Waals surface area (Å²) in [6, 6.07) is 21.1. The smallest absolute Gasteiger partial charge is 0.335 e. The van der Waals surface area contributed by atoms with Crippen LogP contribution in [0.4, 0.5) is 4.39 Å². The van der Waals surface area contributed by atoms with Gasteiger partial charge in [0.25, 0.3) is 5.91 Å². The second-order valence-electron chi connectivity index (χ2n) is 7.53. The molecule has 0 atom stereocenters. The Kier molecular flexibility index (Phi) is 5.85. The molecular weight excluding hydrogens is 409 g/mol. The summed E-state index contributed by atoms with van der Waals surface area (Å²) in [5.41, 5.74) is 3.00. The molecule has 1 amide bonds. The molecule has 6 heteroatoms. The number of carbonyl (C=O) groups is 2. The minimum absolute atomic E-state index is 0.133. The molecule has 0 unspecified atom stereocenters. The topological polar surface area (TPSA) is 86.6 Å². The van der Waals surface area contributed by atoms with Crippen LogP contribution < -0.4 is 5.32 Å². The lowest BCUT2D eigenvalue weighted by molar-refractivity contribution is 0.0696. The molecule has 4 aromatic carbocycles. The highest BCUT2D eigenvalue weighted by atomic mass is 19.1. The van der Waals surface area contributed by atoms with Gasteiger partial charge in [-0.1, -0.05) is 30.3 Å². The van der Waals surface area contributed by atoms with Crippen molar-refractivity contribution in [3.05, 3.63) is 112 Å². The van der Waals surface area contributed by atoms with E-state index in [0.29, 0.717) is 17.5 Å². The number of halogens is 1. The number of nitrogens with one attached hydrogen (secondary N) is 1. The third kappa shape index (κ3) is 4.75. The summed E-state index contributed by atoms with van der Waals surface area (Å²) in [7, 11) is 0. The maximum Gasteiger partial charge on any atom is 0.335 e. The molecule has 0 aromatic heterocycles. The molecule has 0 bridgehead atoms. The Labute approximate surface area is 183 Å². The van der Waals surface area contributed by atoms with Gasteiger partial charge in [0.15, 0.2) is 0 Å². The molecule has 4 rings (SSSR count). The summed E-state index contributed by atoms with van der Waals surface area (Å²) >= 11 is 0. The number of phenolic OH excluding ortho intramolecular Hbond substituents is 1. The summed E-state index contributed by atoms with van der Waals surface area (Å²) in [6.07, 6.45) is 0.419. The van der Waals surface area contributed by atoms with Gasteiger partial charge in [0.1, 0.15) is 11.6 Å². The number of fused-ring (bicyclic) bond motifs is 1. The van der Waals surface area contributed by atoms with Gasteiger partial charge in [-0.3, -0.25) is 4.79 Å². The fourth-order valence-corrected chi connectivity index (χ4v) is 3.49. The van der Waals surface area contributed by atoms with Crippen LogP contribution in [0.5, 0.6) is 5.75 Å². The number of amides is 1. The number of aromatic carboxylic acids is 1. The lowest BCUT2D eigenvalue weighted by atomic mass is 9.98. The van der Waals surface area contributed by atoms with Crippen LogP contribution in [-0.4, -0.2) is 22.1 Å². The zero-order valence-corrected chi connectivity index (χ0v) is 17.0. The van der Waals surface area contributed by atoms with Gasteiger partial charge in [0, 0.05) is 18.5 Å². The Morgan fingerprint density at radius 1 is 0.781 bits per heavy atom. The normalized spacial score (nSPS) is 10.8. The first-order valence-electron chi connectivity index (χ1n) is 9.99. The van der Waals surface area contributed by atoms with Crippen molar-refractivity contribution in [2.75, 3.05) is 0 Å². The fraction of sp³-hybridized carbons (Fsp3) is 0.0769. The first-order chi connectivity index (χ1) is 15.4. The fourth-order valence-electron chi connectivity index (χ4n) is 3.49. The standard InChI is InChI=1S/C26H20FNO4/c27-23-9-3-17(4-10-23)15-28-25(30)20-8-7-19-14-24(29)22(13-21(19)12-20)11-16-1-5-18(6-2-16)26(31)32/h1-10,12-14,29H,11,15H2,(H,28,30)(H,31,32). The van der Waals surface area contributed by atoms with Crippen LogP contribution in [0.2, 0.25) is 0 Å². The van der Waals surface area contributed by atoms with Crippen molar-refractivity contribution in [3.8, 4) is 5.75 Å². The molecule has 0 spiro atoms. The quantitative estimate of drug-likeness (QED) is 0.407. The van der Waals surface area contributed by atoms with Gasteiger partial charge in [-0.15, -0.1) is 0 Å². The average molecular weight is 429 g/mol. The zero-order valence-electron chi connectivity index (χ0n) is 17.0. The molecular formula is C26H20FNO4. The zero-order chi connectivity index (χ0) is 22.7. The maximum atomic E-state index is 13.0. The van der Waals surface area contributed by atoms with Crippen molar-refractivity contribution in [1.29, 1.82) is 0 Å². The molecule has 0 saturated heterocycles. The third-order valence-corrected chi connectivity index (χ3v) is 5.26. The lowest BCUT2D eigenvalue weighted by Gasteiger charge is -2.10. The first kappa shape index (κ1) is 21.1. The van der Waals surface area contributed by atoms with Crippen molar-refractivity contribution < 1.29 is 24.2 Å². The predicted molar refractivity (Wildman–Crippen MR) is 119 cm³/mol. The Morgan fingerprint density at radius 2 is 1.44 bits per heavy atom. The second kappa shape index (κ2) is 8.89. The molecule has 0 saturated carbocycles. The molecule has 0 aliphatic heterocycles. The van der Waals surface area contributed by atoms with Crippen molar-refractivity contribution in [3.63, 3.8) is 0 Å². The van der Waals surface area contributed by atoms with E-state index in [9.17, 15) is 19.1 Å². The SMILES string of the molecule is O=C(O)c1ccc(Cc2cc3cc(C(=O)NCc4ccc(F)cc4)ccc3cc2O)cc1. The Balaban J connectivity index is 1.53. The number of hydrogen-bond acceptors (Lipinski definition) is 3. The third-order valence-electron chi connectivity index (χ3n) is 5.26. The summed E-state index contributed by atoms with van der Waals surface area (Å²) in [6.45, 7) is 0.282. The highest BCUT2D eigenvalue weighted by Gasteiger charge is 2.10. The van der Waals surface area contributed by atoms with E-state index in [1.54, 1.807) is 48.5 Å². The molecule has 5 nitrogen and oxygen atoms in total. The van der Waals surface area contributed by atoms with E-state index in [-0.39, 0.29) is 29.6 Å². The number of carboxylic acids is 1. The van der Waals surface area contributed by atoms with Crippen LogP contribution in [0.1, 0.15) is 37.4 Å². The van der Waals surface area contributed by atoms with E-state index in [0.717, 1.165) is 21.9 Å². The lowest BCUT2D eigenvalue weighted by Crippen LogP contribution is -2.22. The van der Waals surface area contributed by atoms with Crippen molar-refractivity contribution in [2.45, 2.75) is 13.0 Å². The number of carbonyl (C=O) groups excluding carboxylic acids is 1. The van der Waals surface area contributed by atoms with Crippen LogP contribution in [0.3, 0.4) is 0 Å². The summed E-state index contributed by atoms with van der Waals surface area (Å²) in [4.78, 5) is 23.6.